The molecular weight excluding hydrogens is 458 g/mol. The fourth-order valence-corrected chi connectivity index (χ4v) is 6.93. The molecule has 0 saturated heterocycles. The highest BCUT2D eigenvalue weighted by Gasteiger charge is 2.45. The van der Waals surface area contributed by atoms with Gasteiger partial charge in [-0.2, -0.15) is 13.2 Å². The van der Waals surface area contributed by atoms with Crippen molar-refractivity contribution >= 4 is 22.5 Å². The van der Waals surface area contributed by atoms with Crippen LogP contribution in [0.2, 0.25) is 0 Å². The van der Waals surface area contributed by atoms with Crippen LogP contribution in [0.4, 0.5) is 17.6 Å². The van der Waals surface area contributed by atoms with E-state index in [1.54, 1.807) is 24.5 Å². The van der Waals surface area contributed by atoms with E-state index in [0.29, 0.717) is 40.6 Å². The molecule has 0 aromatic carbocycles. The van der Waals surface area contributed by atoms with Crippen LogP contribution in [-0.2, 0) is 6.42 Å². The van der Waals surface area contributed by atoms with Crippen LogP contribution in [0, 0.1) is 0 Å². The number of aryl methyl sites for hydroxylation is 1. The molecule has 0 amide bonds. The first-order valence-corrected chi connectivity index (χ1v) is 12.0. The van der Waals surface area contributed by atoms with E-state index in [9.17, 15) is 22.8 Å². The molecule has 2 aromatic rings. The first kappa shape index (κ1) is 22.6. The van der Waals surface area contributed by atoms with Gasteiger partial charge in [-0.15, -0.1) is 11.3 Å². The van der Waals surface area contributed by atoms with Gasteiger partial charge in [0, 0.05) is 21.7 Å². The molecule has 1 saturated carbocycles. The Morgan fingerprint density at radius 3 is 2.52 bits per heavy atom. The van der Waals surface area contributed by atoms with Gasteiger partial charge in [-0.1, -0.05) is 0 Å². The van der Waals surface area contributed by atoms with Crippen LogP contribution in [0.25, 0.3) is 11.1 Å². The molecule has 3 aliphatic rings. The highest BCUT2D eigenvalue weighted by Crippen LogP contribution is 2.46. The number of H-pyrrole nitrogens is 1. The highest BCUT2D eigenvalue weighted by molar-refractivity contribution is 7.12. The van der Waals surface area contributed by atoms with Crippen molar-refractivity contribution in [1.29, 1.82) is 0 Å². The van der Waals surface area contributed by atoms with Crippen LogP contribution in [0.5, 0.6) is 0 Å². The number of halogens is 4. The SMILES string of the molecule is CC1=c2c(=O)[nH]c(=O)n(C3CC3)c2=C(C)C(c2cc3c(s2)CCCC3C(N)C(F)(F)F)C1F. The molecule has 0 radical (unpaired) electrons. The van der Waals surface area contributed by atoms with Gasteiger partial charge in [0.2, 0.25) is 0 Å². The van der Waals surface area contributed by atoms with E-state index in [0.717, 1.165) is 17.7 Å². The Hall–Kier alpha value is -2.20. The van der Waals surface area contributed by atoms with Crippen molar-refractivity contribution in [3.8, 4) is 0 Å². The summed E-state index contributed by atoms with van der Waals surface area (Å²) in [5, 5.41) is 0.651. The minimum Gasteiger partial charge on any atom is -0.320 e. The summed E-state index contributed by atoms with van der Waals surface area (Å²) in [4.78, 5) is 29.0. The molecule has 5 nitrogen and oxygen atoms in total. The van der Waals surface area contributed by atoms with Gasteiger partial charge in [0.1, 0.15) is 12.2 Å². The number of alkyl halides is 4. The number of hydrogen-bond donors (Lipinski definition) is 2. The molecule has 178 valence electrons. The second kappa shape index (κ2) is 7.66. The Morgan fingerprint density at radius 1 is 1.18 bits per heavy atom. The van der Waals surface area contributed by atoms with Crippen LogP contribution in [0.1, 0.15) is 72.7 Å². The summed E-state index contributed by atoms with van der Waals surface area (Å²) in [5.41, 5.74) is 5.83. The Balaban J connectivity index is 1.70. The van der Waals surface area contributed by atoms with E-state index in [2.05, 4.69) is 4.98 Å². The zero-order valence-electron chi connectivity index (χ0n) is 18.3. The molecule has 10 heteroatoms. The third-order valence-electron chi connectivity index (χ3n) is 7.29. The lowest BCUT2D eigenvalue weighted by atomic mass is 9.80. The first-order valence-electron chi connectivity index (χ1n) is 11.2. The van der Waals surface area contributed by atoms with Crippen LogP contribution < -0.4 is 27.6 Å². The van der Waals surface area contributed by atoms with E-state index in [1.165, 1.54) is 11.3 Å². The van der Waals surface area contributed by atoms with Gasteiger partial charge in [0.15, 0.2) is 0 Å². The summed E-state index contributed by atoms with van der Waals surface area (Å²) in [6, 6.07) is -0.320. The smallest absolute Gasteiger partial charge is 0.320 e. The maximum Gasteiger partial charge on any atom is 0.404 e. The molecule has 33 heavy (non-hydrogen) atoms. The zero-order chi connectivity index (χ0) is 23.8. The van der Waals surface area contributed by atoms with Gasteiger partial charge in [-0.05, 0) is 68.7 Å². The molecule has 4 unspecified atom stereocenters. The number of aromatic nitrogens is 2. The summed E-state index contributed by atoms with van der Waals surface area (Å²) in [6.07, 6.45) is -2.85. The van der Waals surface area contributed by atoms with Crippen molar-refractivity contribution in [1.82, 2.24) is 9.55 Å². The van der Waals surface area contributed by atoms with Crippen molar-refractivity contribution in [2.24, 2.45) is 5.73 Å². The number of aromatic amines is 1. The van der Waals surface area contributed by atoms with E-state index in [4.69, 9.17) is 5.73 Å². The second-order valence-corrected chi connectivity index (χ2v) is 10.6. The van der Waals surface area contributed by atoms with Crippen molar-refractivity contribution in [3.63, 3.8) is 0 Å². The van der Waals surface area contributed by atoms with Crippen LogP contribution >= 0.6 is 11.3 Å². The van der Waals surface area contributed by atoms with Crippen LogP contribution in [0.15, 0.2) is 15.7 Å². The Morgan fingerprint density at radius 2 is 1.88 bits per heavy atom. The van der Waals surface area contributed by atoms with Crippen molar-refractivity contribution < 1.29 is 17.6 Å². The van der Waals surface area contributed by atoms with E-state index in [1.807, 2.05) is 0 Å². The average molecular weight is 484 g/mol. The van der Waals surface area contributed by atoms with Gasteiger partial charge in [0.25, 0.3) is 5.56 Å². The molecule has 2 aromatic heterocycles. The van der Waals surface area contributed by atoms with Gasteiger partial charge in [-0.25, -0.2) is 9.18 Å². The Bertz CT molecular complexity index is 1370. The minimum absolute atomic E-state index is 0.0339. The number of thiophene rings is 1. The molecule has 0 spiro atoms. The molecule has 2 heterocycles. The van der Waals surface area contributed by atoms with E-state index in [-0.39, 0.29) is 16.8 Å². The highest BCUT2D eigenvalue weighted by atomic mass is 32.1. The monoisotopic (exact) mass is 483 g/mol. The van der Waals surface area contributed by atoms with Crippen LogP contribution in [0.3, 0.4) is 0 Å². The molecule has 1 fully saturated rings. The van der Waals surface area contributed by atoms with Gasteiger partial charge in [-0.3, -0.25) is 14.3 Å². The summed E-state index contributed by atoms with van der Waals surface area (Å²) in [6.45, 7) is 3.27. The largest absolute Gasteiger partial charge is 0.404 e. The van der Waals surface area contributed by atoms with E-state index >= 15 is 4.39 Å². The first-order chi connectivity index (χ1) is 15.5. The summed E-state index contributed by atoms with van der Waals surface area (Å²) in [5.74, 6) is -1.62. The van der Waals surface area contributed by atoms with Crippen molar-refractivity contribution in [3.05, 3.63) is 52.8 Å². The second-order valence-electron chi connectivity index (χ2n) is 9.42. The molecule has 3 N–H and O–H groups in total. The lowest BCUT2D eigenvalue weighted by Crippen LogP contribution is -2.58. The number of nitrogens with one attached hydrogen (secondary N) is 1. The Labute approximate surface area is 190 Å². The number of rotatable bonds is 3. The molecule has 5 rings (SSSR count). The van der Waals surface area contributed by atoms with E-state index < -0.39 is 41.5 Å². The predicted molar refractivity (Wildman–Crippen MR) is 119 cm³/mol. The normalized spacial score (nSPS) is 26.2. The topological polar surface area (TPSA) is 80.9 Å². The van der Waals surface area contributed by atoms with Gasteiger partial charge in [0.05, 0.1) is 16.5 Å². The number of fused-ring (bicyclic) bond motifs is 2. The van der Waals surface area contributed by atoms with Crippen molar-refractivity contribution in [2.75, 3.05) is 0 Å². The maximum absolute atomic E-state index is 15.8. The standard InChI is InChI=1S/C23H25F4N3O2S/c1-9-17-19(30(11-6-7-11)22(32)29-21(17)31)10(2)16(18(9)24)15-8-13-12(20(28)23(25,26)27)4-3-5-14(13)33-15/h8,11-12,16,18,20H,3-7,28H2,1-2H3,(H,29,31,32). The zero-order valence-corrected chi connectivity index (χ0v) is 19.1. The quantitative estimate of drug-likeness (QED) is 0.659. The summed E-state index contributed by atoms with van der Waals surface area (Å²) < 4.78 is 57.5. The predicted octanol–water partition coefficient (Wildman–Crippen LogP) is 2.72. The minimum atomic E-state index is -4.51. The van der Waals surface area contributed by atoms with Crippen molar-refractivity contribution in [2.45, 2.75) is 82.2 Å². The average Bonchev–Trinajstić information content (AvgIpc) is 3.48. The van der Waals surface area contributed by atoms with Gasteiger partial charge < -0.3 is 5.73 Å². The summed E-state index contributed by atoms with van der Waals surface area (Å²) >= 11 is 1.33. The maximum atomic E-state index is 15.8. The third kappa shape index (κ3) is 3.53. The number of hydrogen-bond acceptors (Lipinski definition) is 4. The third-order valence-corrected chi connectivity index (χ3v) is 8.59. The van der Waals surface area contributed by atoms with Crippen LogP contribution in [-0.4, -0.2) is 27.9 Å². The number of nitrogens with two attached hydrogens (primary N) is 1. The lowest BCUT2D eigenvalue weighted by molar-refractivity contribution is -0.153. The lowest BCUT2D eigenvalue weighted by Gasteiger charge is -2.29. The number of nitrogens with zero attached hydrogens (tertiary/aromatic N) is 1. The fourth-order valence-electron chi connectivity index (χ4n) is 5.46. The molecule has 3 aliphatic carbocycles. The Kier molecular flexibility index (Phi) is 5.24. The molecular formula is C23H25F4N3O2S. The summed E-state index contributed by atoms with van der Waals surface area (Å²) in [7, 11) is 0. The molecule has 0 bridgehead atoms. The fraction of sp³-hybridized carbons (Fsp3) is 0.565. The molecule has 0 aliphatic heterocycles. The molecule has 4 atom stereocenters. The van der Waals surface area contributed by atoms with Gasteiger partial charge >= 0.3 is 11.9 Å².